The van der Waals surface area contributed by atoms with Crippen molar-refractivity contribution >= 4 is 11.6 Å². The zero-order valence-electron chi connectivity index (χ0n) is 7.98. The van der Waals surface area contributed by atoms with Gasteiger partial charge in [0.15, 0.2) is 0 Å². The van der Waals surface area contributed by atoms with Crippen molar-refractivity contribution in [2.24, 2.45) is 0 Å². The van der Waals surface area contributed by atoms with Gasteiger partial charge in [-0.05, 0) is 18.9 Å². The summed E-state index contributed by atoms with van der Waals surface area (Å²) in [6.07, 6.45) is -2.71. The molecule has 0 amide bonds. The molecule has 6 heteroatoms. The molecule has 1 aromatic rings. The highest BCUT2D eigenvalue weighted by atomic mass is 35.5. The van der Waals surface area contributed by atoms with Crippen LogP contribution in [0, 0.1) is 11.3 Å². The van der Waals surface area contributed by atoms with Crippen molar-refractivity contribution in [1.29, 1.82) is 5.26 Å². The van der Waals surface area contributed by atoms with Gasteiger partial charge in [-0.25, -0.2) is 4.98 Å². The summed E-state index contributed by atoms with van der Waals surface area (Å²) in [5, 5.41) is 8.89. The fourth-order valence-corrected chi connectivity index (χ4v) is 1.79. The van der Waals surface area contributed by atoms with Crippen molar-refractivity contribution in [1.82, 2.24) is 4.98 Å². The van der Waals surface area contributed by atoms with E-state index in [1.807, 2.05) is 6.07 Å². The average Bonchev–Trinajstić information content (AvgIpc) is 2.97. The van der Waals surface area contributed by atoms with Crippen LogP contribution in [0.15, 0.2) is 12.3 Å². The minimum absolute atomic E-state index is 0.0212. The summed E-state index contributed by atoms with van der Waals surface area (Å²) in [7, 11) is 0. The van der Waals surface area contributed by atoms with Gasteiger partial charge in [-0.15, -0.1) is 0 Å². The molecule has 84 valence electrons. The minimum atomic E-state index is -4.46. The van der Waals surface area contributed by atoms with Crippen molar-refractivity contribution < 1.29 is 13.2 Å². The molecule has 16 heavy (non-hydrogen) atoms. The monoisotopic (exact) mass is 246 g/mol. The van der Waals surface area contributed by atoms with Crippen LogP contribution in [0.1, 0.15) is 24.0 Å². The number of nitriles is 1. The first-order chi connectivity index (χ1) is 7.39. The highest BCUT2D eigenvalue weighted by molar-refractivity contribution is 6.30. The van der Waals surface area contributed by atoms with Gasteiger partial charge in [0.05, 0.1) is 17.0 Å². The van der Waals surface area contributed by atoms with E-state index in [9.17, 15) is 13.2 Å². The largest absolute Gasteiger partial charge is 0.417 e. The molecule has 0 bridgehead atoms. The van der Waals surface area contributed by atoms with Crippen LogP contribution in [0.5, 0.6) is 0 Å². The lowest BCUT2D eigenvalue weighted by Crippen LogP contribution is -2.11. The number of rotatable bonds is 1. The lowest BCUT2D eigenvalue weighted by Gasteiger charge is -2.12. The highest BCUT2D eigenvalue weighted by Gasteiger charge is 2.47. The fourth-order valence-electron chi connectivity index (χ4n) is 1.51. The number of halogens is 4. The summed E-state index contributed by atoms with van der Waals surface area (Å²) in [6.45, 7) is 0. The SMILES string of the molecule is N#CC1(c2cc(C(F)(F)F)cnc2Cl)CC1. The van der Waals surface area contributed by atoms with Gasteiger partial charge >= 0.3 is 6.18 Å². The molecule has 1 heterocycles. The first-order valence-electron chi connectivity index (χ1n) is 4.53. The summed E-state index contributed by atoms with van der Waals surface area (Å²) in [6, 6.07) is 2.92. The van der Waals surface area contributed by atoms with E-state index in [-0.39, 0.29) is 10.7 Å². The van der Waals surface area contributed by atoms with E-state index < -0.39 is 17.2 Å². The van der Waals surface area contributed by atoms with Gasteiger partial charge in [0.25, 0.3) is 0 Å². The number of aromatic nitrogens is 1. The van der Waals surface area contributed by atoms with Gasteiger partial charge < -0.3 is 0 Å². The molecule has 1 fully saturated rings. The molecule has 2 nitrogen and oxygen atoms in total. The minimum Gasteiger partial charge on any atom is -0.244 e. The van der Waals surface area contributed by atoms with E-state index in [0.717, 1.165) is 6.07 Å². The molecule has 1 saturated carbocycles. The molecule has 0 unspecified atom stereocenters. The van der Waals surface area contributed by atoms with E-state index in [1.165, 1.54) is 0 Å². The van der Waals surface area contributed by atoms with Crippen LogP contribution in [0.3, 0.4) is 0 Å². The topological polar surface area (TPSA) is 36.7 Å². The molecular weight excluding hydrogens is 241 g/mol. The van der Waals surface area contributed by atoms with Crippen molar-refractivity contribution in [3.05, 3.63) is 28.5 Å². The fraction of sp³-hybridized carbons (Fsp3) is 0.400. The van der Waals surface area contributed by atoms with Crippen LogP contribution in [0.2, 0.25) is 5.15 Å². The van der Waals surface area contributed by atoms with Crippen molar-refractivity contribution in [2.75, 3.05) is 0 Å². The Labute approximate surface area is 94.7 Å². The summed E-state index contributed by atoms with van der Waals surface area (Å²) in [4.78, 5) is 3.49. The first-order valence-corrected chi connectivity index (χ1v) is 4.91. The first kappa shape index (κ1) is 11.2. The van der Waals surface area contributed by atoms with E-state index in [2.05, 4.69) is 4.98 Å². The molecule has 0 radical (unpaired) electrons. The Morgan fingerprint density at radius 1 is 1.44 bits per heavy atom. The Balaban J connectivity index is 2.51. The molecule has 2 rings (SSSR count). The molecule has 1 aliphatic rings. The molecular formula is C10H6ClF3N2. The molecule has 0 aliphatic heterocycles. The molecule has 0 atom stereocenters. The second kappa shape index (κ2) is 3.36. The Hall–Kier alpha value is -1.28. The summed E-state index contributed by atoms with van der Waals surface area (Å²) >= 11 is 5.72. The third kappa shape index (κ3) is 1.74. The summed E-state index contributed by atoms with van der Waals surface area (Å²) in [5.74, 6) is 0. The van der Waals surface area contributed by atoms with E-state index in [1.54, 1.807) is 0 Å². The van der Waals surface area contributed by atoms with Crippen molar-refractivity contribution in [3.8, 4) is 6.07 Å². The second-order valence-corrected chi connectivity index (χ2v) is 4.11. The van der Waals surface area contributed by atoms with Gasteiger partial charge in [-0.3, -0.25) is 0 Å². The maximum Gasteiger partial charge on any atom is 0.417 e. The average molecular weight is 247 g/mol. The molecule has 0 spiro atoms. The van der Waals surface area contributed by atoms with Crippen LogP contribution in [-0.2, 0) is 11.6 Å². The van der Waals surface area contributed by atoms with Crippen LogP contribution in [0.4, 0.5) is 13.2 Å². The standard InChI is InChI=1S/C10H6ClF3N2/c11-8-7(9(5-15)1-2-9)3-6(4-16-8)10(12,13)14/h3-4H,1-2H2. The molecule has 0 aromatic carbocycles. The molecule has 0 saturated heterocycles. The Kier molecular flexibility index (Phi) is 2.35. The van der Waals surface area contributed by atoms with E-state index in [4.69, 9.17) is 16.9 Å². The van der Waals surface area contributed by atoms with Crippen molar-refractivity contribution in [3.63, 3.8) is 0 Å². The van der Waals surface area contributed by atoms with Gasteiger partial charge in [0.2, 0.25) is 0 Å². The van der Waals surface area contributed by atoms with Crippen LogP contribution < -0.4 is 0 Å². The van der Waals surface area contributed by atoms with Gasteiger partial charge in [0, 0.05) is 11.8 Å². The lowest BCUT2D eigenvalue weighted by atomic mass is 9.98. The number of hydrogen-bond donors (Lipinski definition) is 0. The normalized spacial score (nSPS) is 17.9. The van der Waals surface area contributed by atoms with E-state index >= 15 is 0 Å². The third-order valence-corrected chi connectivity index (χ3v) is 2.95. The zero-order valence-corrected chi connectivity index (χ0v) is 8.73. The molecule has 0 N–H and O–H groups in total. The Bertz CT molecular complexity index is 472. The number of nitrogens with zero attached hydrogens (tertiary/aromatic N) is 2. The molecule has 1 aromatic heterocycles. The van der Waals surface area contributed by atoms with Crippen LogP contribution in [0.25, 0.3) is 0 Å². The summed E-state index contributed by atoms with van der Waals surface area (Å²) in [5.41, 5.74) is -1.54. The smallest absolute Gasteiger partial charge is 0.244 e. The number of pyridine rings is 1. The quantitative estimate of drug-likeness (QED) is 0.713. The Morgan fingerprint density at radius 2 is 2.06 bits per heavy atom. The van der Waals surface area contributed by atoms with Crippen LogP contribution in [-0.4, -0.2) is 4.98 Å². The summed E-state index contributed by atoms with van der Waals surface area (Å²) < 4.78 is 37.3. The van der Waals surface area contributed by atoms with Gasteiger partial charge in [-0.2, -0.15) is 18.4 Å². The maximum absolute atomic E-state index is 12.4. The van der Waals surface area contributed by atoms with Crippen molar-refractivity contribution in [2.45, 2.75) is 24.4 Å². The lowest BCUT2D eigenvalue weighted by molar-refractivity contribution is -0.137. The van der Waals surface area contributed by atoms with Gasteiger partial charge in [0.1, 0.15) is 5.15 Å². The molecule has 1 aliphatic carbocycles. The predicted octanol–water partition coefficient (Wildman–Crippen LogP) is 3.31. The maximum atomic E-state index is 12.4. The van der Waals surface area contributed by atoms with Gasteiger partial charge in [-0.1, -0.05) is 11.6 Å². The highest BCUT2D eigenvalue weighted by Crippen LogP contribution is 2.50. The third-order valence-electron chi connectivity index (χ3n) is 2.65. The second-order valence-electron chi connectivity index (χ2n) is 3.75. The Morgan fingerprint density at radius 3 is 2.50 bits per heavy atom. The van der Waals surface area contributed by atoms with Crippen LogP contribution >= 0.6 is 11.6 Å². The predicted molar refractivity (Wildman–Crippen MR) is 50.8 cm³/mol. The number of alkyl halides is 3. The van der Waals surface area contributed by atoms with E-state index in [0.29, 0.717) is 19.0 Å². The number of hydrogen-bond acceptors (Lipinski definition) is 2. The zero-order chi connectivity index (χ0) is 12.0.